The predicted molar refractivity (Wildman–Crippen MR) is 28.4 cm³/mol. The van der Waals surface area contributed by atoms with Crippen LogP contribution in [0.15, 0.2) is 0 Å². The third kappa shape index (κ3) is 566. The van der Waals surface area contributed by atoms with Crippen molar-refractivity contribution in [3.8, 4) is 0 Å². The van der Waals surface area contributed by atoms with Crippen molar-refractivity contribution in [2.75, 3.05) is 0 Å². The maximum atomic E-state index is 8.52. The molecule has 2 heteroatoms. The molecule has 0 aromatic heterocycles. The van der Waals surface area contributed by atoms with E-state index in [1.165, 1.54) is 0 Å². The summed E-state index contributed by atoms with van der Waals surface area (Å²) in [6, 6.07) is 0. The fourth-order valence-electron chi connectivity index (χ4n) is 0. The minimum absolute atomic E-state index is 0. The molecule has 0 spiro atoms. The van der Waals surface area contributed by atoms with Crippen molar-refractivity contribution in [1.29, 1.82) is 0 Å². The van der Waals surface area contributed by atoms with Crippen LogP contribution in [0, 0.1) is 7.43 Å². The van der Waals surface area contributed by atoms with Crippen molar-refractivity contribution in [2.24, 2.45) is 0 Å². The smallest absolute Gasteiger partial charge is 0.391 e. The summed E-state index contributed by atoms with van der Waals surface area (Å²) >= 11 is 0. The molecule has 7 heavy (non-hydrogen) atoms. The van der Waals surface area contributed by atoms with E-state index in [1.807, 2.05) is 0 Å². The van der Waals surface area contributed by atoms with Crippen molar-refractivity contribution in [3.05, 3.63) is 7.43 Å². The number of hydrogen-bond donors (Lipinski definition) is 1. The first kappa shape index (κ1) is 15.6. The normalized spacial score (nSPS) is 8.57. The van der Waals surface area contributed by atoms with Gasteiger partial charge in [0.1, 0.15) is 0 Å². The molecule has 0 aromatic carbocycles. The molecule has 0 saturated heterocycles. The third-order valence-electron chi connectivity index (χ3n) is 0. The van der Waals surface area contributed by atoms with Crippen LogP contribution in [0.4, 0.5) is 0 Å². The summed E-state index contributed by atoms with van der Waals surface area (Å²) in [5.41, 5.74) is -0.500. The summed E-state index contributed by atoms with van der Waals surface area (Å²) in [5.74, 6) is 0. The van der Waals surface area contributed by atoms with Gasteiger partial charge in [0.05, 0.1) is 5.60 Å². The second-order valence-electron chi connectivity index (χ2n) is 2.17. The molecule has 0 fully saturated rings. The van der Waals surface area contributed by atoms with Gasteiger partial charge in [0.25, 0.3) is 0 Å². The van der Waals surface area contributed by atoms with Crippen LogP contribution in [0.3, 0.4) is 0 Å². The monoisotopic (exact) mass is 152 g/mol. The van der Waals surface area contributed by atoms with E-state index in [1.54, 1.807) is 20.8 Å². The zero-order valence-electron chi connectivity index (χ0n) is 5.25. The molecule has 1 N–H and O–H groups in total. The van der Waals surface area contributed by atoms with E-state index in [-0.39, 0.29) is 24.5 Å². The van der Waals surface area contributed by atoms with E-state index in [0.29, 0.717) is 0 Å². The second-order valence-corrected chi connectivity index (χ2v) is 2.17. The average molecular weight is 153 g/mol. The Labute approximate surface area is 56.6 Å². The average Bonchev–Trinajstić information content (AvgIpc) is 0.722. The molecular formula is C5H13CuO. The van der Waals surface area contributed by atoms with Gasteiger partial charge in [0, 0.05) is 0 Å². The van der Waals surface area contributed by atoms with Gasteiger partial charge in [-0.2, -0.15) is 0 Å². The zero-order valence-corrected chi connectivity index (χ0v) is 6.19. The number of aliphatic hydroxyl groups is 1. The SMILES string of the molecule is CC(C)(C)O.[CH3-].[Cu+]. The van der Waals surface area contributed by atoms with Crippen LogP contribution in [0.2, 0.25) is 0 Å². The van der Waals surface area contributed by atoms with Crippen LogP contribution < -0.4 is 0 Å². The van der Waals surface area contributed by atoms with E-state index >= 15 is 0 Å². The molecule has 0 saturated carbocycles. The molecule has 0 aromatic rings. The zero-order chi connectivity index (χ0) is 4.50. The van der Waals surface area contributed by atoms with Crippen LogP contribution >= 0.6 is 0 Å². The molecule has 0 rings (SSSR count). The third-order valence-corrected chi connectivity index (χ3v) is 0. The first-order valence-electron chi connectivity index (χ1n) is 1.72. The van der Waals surface area contributed by atoms with Crippen molar-refractivity contribution < 1.29 is 22.2 Å². The van der Waals surface area contributed by atoms with Crippen molar-refractivity contribution in [3.63, 3.8) is 0 Å². The van der Waals surface area contributed by atoms with E-state index in [4.69, 9.17) is 5.11 Å². The fraction of sp³-hybridized carbons (Fsp3) is 0.800. The Morgan fingerprint density at radius 2 is 1.14 bits per heavy atom. The van der Waals surface area contributed by atoms with Crippen molar-refractivity contribution in [2.45, 2.75) is 26.4 Å². The van der Waals surface area contributed by atoms with Gasteiger partial charge in [0.15, 0.2) is 0 Å². The van der Waals surface area contributed by atoms with E-state index < -0.39 is 5.60 Å². The van der Waals surface area contributed by atoms with E-state index in [0.717, 1.165) is 0 Å². The summed E-state index contributed by atoms with van der Waals surface area (Å²) in [5, 5.41) is 8.52. The Hall–Kier alpha value is 0.479. The Kier molecular flexibility index (Phi) is 10.4. The van der Waals surface area contributed by atoms with E-state index in [2.05, 4.69) is 0 Å². The molecule has 0 heterocycles. The maximum absolute atomic E-state index is 8.52. The van der Waals surface area contributed by atoms with Gasteiger partial charge >= 0.3 is 17.1 Å². The minimum atomic E-state index is -0.500. The molecule has 0 aliphatic carbocycles. The summed E-state index contributed by atoms with van der Waals surface area (Å²) in [7, 11) is 0. The van der Waals surface area contributed by atoms with Gasteiger partial charge in [-0.05, 0) is 20.8 Å². The maximum Gasteiger partial charge on any atom is 1.00 e. The van der Waals surface area contributed by atoms with Gasteiger partial charge in [-0.15, -0.1) is 0 Å². The van der Waals surface area contributed by atoms with Crippen LogP contribution in [-0.2, 0) is 17.1 Å². The second kappa shape index (κ2) is 4.63. The summed E-state index contributed by atoms with van der Waals surface area (Å²) in [4.78, 5) is 0. The predicted octanol–water partition coefficient (Wildman–Crippen LogP) is 1.22. The molecular weight excluding hydrogens is 140 g/mol. The molecule has 0 aliphatic heterocycles. The van der Waals surface area contributed by atoms with Crippen LogP contribution in [-0.4, -0.2) is 10.7 Å². The van der Waals surface area contributed by atoms with Crippen LogP contribution in [0.25, 0.3) is 0 Å². The minimum Gasteiger partial charge on any atom is -0.391 e. The molecule has 0 radical (unpaired) electrons. The topological polar surface area (TPSA) is 20.2 Å². The molecule has 0 atom stereocenters. The standard InChI is InChI=1S/C4H10O.CH3.Cu/c1-4(2,3)5;;/h5H,1-3H3;1H3;/q;-1;+1. The first-order valence-corrected chi connectivity index (χ1v) is 1.72. The van der Waals surface area contributed by atoms with Gasteiger partial charge in [0.2, 0.25) is 0 Å². The van der Waals surface area contributed by atoms with E-state index in [9.17, 15) is 0 Å². The molecule has 0 unspecified atom stereocenters. The Morgan fingerprint density at radius 3 is 1.14 bits per heavy atom. The summed E-state index contributed by atoms with van der Waals surface area (Å²) in [6.07, 6.45) is 0. The van der Waals surface area contributed by atoms with Crippen LogP contribution in [0.1, 0.15) is 20.8 Å². The molecule has 1 nitrogen and oxygen atoms in total. The number of rotatable bonds is 0. The van der Waals surface area contributed by atoms with Gasteiger partial charge in [-0.1, -0.05) is 0 Å². The molecule has 0 aliphatic rings. The van der Waals surface area contributed by atoms with Crippen molar-refractivity contribution in [1.82, 2.24) is 0 Å². The summed E-state index contributed by atoms with van der Waals surface area (Å²) < 4.78 is 0. The Bertz CT molecular complexity index is 23.6. The van der Waals surface area contributed by atoms with Gasteiger partial charge < -0.3 is 12.5 Å². The molecule has 0 amide bonds. The van der Waals surface area contributed by atoms with Crippen LogP contribution in [0.5, 0.6) is 0 Å². The number of hydrogen-bond acceptors (Lipinski definition) is 1. The fourth-order valence-corrected chi connectivity index (χ4v) is 0. The molecule has 0 bridgehead atoms. The summed E-state index contributed by atoms with van der Waals surface area (Å²) in [6.45, 7) is 5.23. The van der Waals surface area contributed by atoms with Crippen molar-refractivity contribution >= 4 is 0 Å². The first-order chi connectivity index (χ1) is 2.00. The Balaban J connectivity index is -0.0000000800. The van der Waals surface area contributed by atoms with Gasteiger partial charge in [-0.3, -0.25) is 0 Å². The molecule has 50 valence electrons. The largest absolute Gasteiger partial charge is 1.00 e. The quantitative estimate of drug-likeness (QED) is 0.409. The van der Waals surface area contributed by atoms with Gasteiger partial charge in [-0.25, -0.2) is 0 Å². The Morgan fingerprint density at radius 1 is 1.14 bits per heavy atom.